The zero-order valence-corrected chi connectivity index (χ0v) is 14.0. The van der Waals surface area contributed by atoms with E-state index < -0.39 is 29.7 Å². The van der Waals surface area contributed by atoms with Gasteiger partial charge in [0.15, 0.2) is 0 Å². The Bertz CT molecular complexity index is 510. The van der Waals surface area contributed by atoms with Crippen molar-refractivity contribution < 1.29 is 22.7 Å². The number of benzene rings is 1. The number of amides is 1. The highest BCUT2D eigenvalue weighted by Gasteiger charge is 2.31. The van der Waals surface area contributed by atoms with Crippen LogP contribution in [0.3, 0.4) is 0 Å². The fourth-order valence-corrected chi connectivity index (χ4v) is 2.06. The molecular formula is C15H22ClF3N2O2. The van der Waals surface area contributed by atoms with Crippen molar-refractivity contribution in [1.29, 1.82) is 0 Å². The molecule has 0 aliphatic heterocycles. The molecule has 0 aliphatic rings. The molecule has 8 heteroatoms. The maximum atomic E-state index is 12.8. The van der Waals surface area contributed by atoms with Gasteiger partial charge in [-0.15, -0.1) is 12.4 Å². The number of ether oxygens (including phenoxy) is 1. The fraction of sp³-hybridized carbons (Fsp3) is 0.533. The van der Waals surface area contributed by atoms with E-state index in [0.717, 1.165) is 12.1 Å². The molecule has 0 radical (unpaired) electrons. The molecule has 0 aromatic heterocycles. The van der Waals surface area contributed by atoms with Gasteiger partial charge in [0.1, 0.15) is 6.04 Å². The summed E-state index contributed by atoms with van der Waals surface area (Å²) < 4.78 is 43.2. The highest BCUT2D eigenvalue weighted by atomic mass is 35.5. The Kier molecular flexibility index (Phi) is 8.58. The third-order valence-electron chi connectivity index (χ3n) is 3.22. The van der Waals surface area contributed by atoms with Crippen LogP contribution in [0, 0.1) is 5.92 Å². The standard InChI is InChI=1S/C15H21F3N2O2.ClH/c1-9(2)13(20-14(21)12(19)8-22-3)10-5-4-6-11(7-10)15(16,17)18;/h4-7,9,12-13H,8,19H2,1-3H3,(H,20,21);1H. The average molecular weight is 355 g/mol. The second-order valence-corrected chi connectivity index (χ2v) is 5.42. The van der Waals surface area contributed by atoms with E-state index in [4.69, 9.17) is 10.5 Å². The Labute approximate surface area is 140 Å². The zero-order valence-electron chi connectivity index (χ0n) is 13.2. The van der Waals surface area contributed by atoms with Gasteiger partial charge in [0.25, 0.3) is 0 Å². The van der Waals surface area contributed by atoms with Crippen LogP contribution in [0.25, 0.3) is 0 Å². The van der Waals surface area contributed by atoms with Crippen LogP contribution in [0.15, 0.2) is 24.3 Å². The summed E-state index contributed by atoms with van der Waals surface area (Å²) in [5.41, 5.74) is 5.28. The first-order valence-corrected chi connectivity index (χ1v) is 6.89. The SMILES string of the molecule is COCC(N)C(=O)NC(c1cccc(C(F)(F)F)c1)C(C)C.Cl. The molecule has 0 saturated carbocycles. The third kappa shape index (κ3) is 6.37. The molecule has 2 unspecified atom stereocenters. The fourth-order valence-electron chi connectivity index (χ4n) is 2.06. The summed E-state index contributed by atoms with van der Waals surface area (Å²) in [6, 6.07) is 3.51. The van der Waals surface area contributed by atoms with Crippen LogP contribution in [-0.2, 0) is 15.7 Å². The van der Waals surface area contributed by atoms with Gasteiger partial charge in [-0.2, -0.15) is 13.2 Å². The lowest BCUT2D eigenvalue weighted by atomic mass is 9.94. The molecule has 2 atom stereocenters. The van der Waals surface area contributed by atoms with Crippen molar-refractivity contribution in [2.45, 2.75) is 32.1 Å². The van der Waals surface area contributed by atoms with Gasteiger partial charge < -0.3 is 15.8 Å². The van der Waals surface area contributed by atoms with E-state index in [2.05, 4.69) is 5.32 Å². The smallest absolute Gasteiger partial charge is 0.383 e. The van der Waals surface area contributed by atoms with Crippen LogP contribution in [0.4, 0.5) is 13.2 Å². The predicted molar refractivity (Wildman–Crippen MR) is 84.3 cm³/mol. The molecule has 0 fully saturated rings. The van der Waals surface area contributed by atoms with E-state index in [9.17, 15) is 18.0 Å². The molecule has 3 N–H and O–H groups in total. The summed E-state index contributed by atoms with van der Waals surface area (Å²) >= 11 is 0. The topological polar surface area (TPSA) is 64.3 Å². The lowest BCUT2D eigenvalue weighted by Crippen LogP contribution is -2.45. The number of methoxy groups -OCH3 is 1. The quantitative estimate of drug-likeness (QED) is 0.825. The lowest BCUT2D eigenvalue weighted by Gasteiger charge is -2.25. The second-order valence-electron chi connectivity index (χ2n) is 5.42. The van der Waals surface area contributed by atoms with Crippen molar-refractivity contribution in [3.8, 4) is 0 Å². The van der Waals surface area contributed by atoms with E-state index in [1.165, 1.54) is 13.2 Å². The minimum Gasteiger partial charge on any atom is -0.383 e. The van der Waals surface area contributed by atoms with Crippen molar-refractivity contribution in [1.82, 2.24) is 5.32 Å². The summed E-state index contributed by atoms with van der Waals surface area (Å²) in [4.78, 5) is 12.0. The highest BCUT2D eigenvalue weighted by Crippen LogP contribution is 2.32. The van der Waals surface area contributed by atoms with Gasteiger partial charge in [0.05, 0.1) is 18.2 Å². The van der Waals surface area contributed by atoms with Crippen LogP contribution >= 0.6 is 12.4 Å². The van der Waals surface area contributed by atoms with E-state index in [1.54, 1.807) is 6.07 Å². The van der Waals surface area contributed by atoms with E-state index in [-0.39, 0.29) is 24.9 Å². The van der Waals surface area contributed by atoms with Crippen LogP contribution in [0.2, 0.25) is 0 Å². The van der Waals surface area contributed by atoms with Crippen molar-refractivity contribution in [3.05, 3.63) is 35.4 Å². The van der Waals surface area contributed by atoms with E-state index in [1.807, 2.05) is 13.8 Å². The average Bonchev–Trinajstić information content (AvgIpc) is 2.43. The van der Waals surface area contributed by atoms with Crippen molar-refractivity contribution in [2.24, 2.45) is 11.7 Å². The van der Waals surface area contributed by atoms with Gasteiger partial charge in [0.2, 0.25) is 5.91 Å². The number of hydrogen-bond donors (Lipinski definition) is 2. The molecule has 1 amide bonds. The molecule has 0 aliphatic carbocycles. The van der Waals surface area contributed by atoms with E-state index in [0.29, 0.717) is 5.56 Å². The van der Waals surface area contributed by atoms with Gasteiger partial charge >= 0.3 is 6.18 Å². The first-order valence-electron chi connectivity index (χ1n) is 6.89. The lowest BCUT2D eigenvalue weighted by molar-refractivity contribution is -0.137. The van der Waals surface area contributed by atoms with Gasteiger partial charge in [-0.25, -0.2) is 0 Å². The monoisotopic (exact) mass is 354 g/mol. The number of hydrogen-bond acceptors (Lipinski definition) is 3. The van der Waals surface area contributed by atoms with Gasteiger partial charge in [-0.3, -0.25) is 4.79 Å². The molecule has 1 rings (SSSR count). The number of halogens is 4. The second kappa shape index (κ2) is 9.10. The Morgan fingerprint density at radius 2 is 1.96 bits per heavy atom. The molecule has 1 aromatic carbocycles. The van der Waals surface area contributed by atoms with Crippen LogP contribution < -0.4 is 11.1 Å². The predicted octanol–water partition coefficient (Wildman–Crippen LogP) is 2.91. The number of nitrogens with one attached hydrogen (secondary N) is 1. The van der Waals surface area contributed by atoms with Crippen LogP contribution in [-0.4, -0.2) is 25.7 Å². The van der Waals surface area contributed by atoms with E-state index >= 15 is 0 Å². The summed E-state index contributed by atoms with van der Waals surface area (Å²) in [5, 5.41) is 2.68. The molecule has 0 heterocycles. The first-order chi connectivity index (χ1) is 10.2. The van der Waals surface area contributed by atoms with Crippen molar-refractivity contribution >= 4 is 18.3 Å². The minimum atomic E-state index is -4.42. The number of alkyl halides is 3. The molecule has 132 valence electrons. The number of carbonyl (C=O) groups excluding carboxylic acids is 1. The largest absolute Gasteiger partial charge is 0.416 e. The van der Waals surface area contributed by atoms with Gasteiger partial charge in [-0.1, -0.05) is 26.0 Å². The molecule has 4 nitrogen and oxygen atoms in total. The Morgan fingerprint density at radius 3 is 2.43 bits per heavy atom. The number of nitrogens with two attached hydrogens (primary N) is 1. The summed E-state index contributed by atoms with van der Waals surface area (Å²) in [7, 11) is 1.42. The molecular weight excluding hydrogens is 333 g/mol. The van der Waals surface area contributed by atoms with Gasteiger partial charge in [-0.05, 0) is 23.6 Å². The Hall–Kier alpha value is -1.31. The van der Waals surface area contributed by atoms with Crippen LogP contribution in [0.1, 0.15) is 31.0 Å². The molecule has 1 aromatic rings. The Morgan fingerprint density at radius 1 is 1.35 bits per heavy atom. The highest BCUT2D eigenvalue weighted by molar-refractivity contribution is 5.85. The molecule has 0 spiro atoms. The maximum absolute atomic E-state index is 12.8. The molecule has 0 saturated heterocycles. The normalized spacial score (nSPS) is 14.1. The Balaban J connectivity index is 0.00000484. The van der Waals surface area contributed by atoms with Crippen molar-refractivity contribution in [2.75, 3.05) is 13.7 Å². The first kappa shape index (κ1) is 21.7. The van der Waals surface area contributed by atoms with Gasteiger partial charge in [0, 0.05) is 7.11 Å². The zero-order chi connectivity index (χ0) is 16.9. The van der Waals surface area contributed by atoms with Crippen molar-refractivity contribution in [3.63, 3.8) is 0 Å². The summed E-state index contributed by atoms with van der Waals surface area (Å²) in [6.07, 6.45) is -4.42. The third-order valence-corrected chi connectivity index (χ3v) is 3.22. The summed E-state index contributed by atoms with van der Waals surface area (Å²) in [6.45, 7) is 3.67. The number of carbonyl (C=O) groups is 1. The minimum absolute atomic E-state index is 0. The summed E-state index contributed by atoms with van der Waals surface area (Å²) in [5.74, 6) is -0.555. The molecule has 0 bridgehead atoms. The van der Waals surface area contributed by atoms with Crippen LogP contribution in [0.5, 0.6) is 0 Å². The number of rotatable bonds is 6. The maximum Gasteiger partial charge on any atom is 0.416 e. The molecule has 23 heavy (non-hydrogen) atoms.